The van der Waals surface area contributed by atoms with E-state index in [2.05, 4.69) is 5.32 Å². The van der Waals surface area contributed by atoms with Crippen LogP contribution in [-0.4, -0.2) is 16.6 Å². The van der Waals surface area contributed by atoms with Crippen LogP contribution in [0.15, 0.2) is 48.5 Å². The molecule has 1 atom stereocenters. The first-order chi connectivity index (χ1) is 9.94. The third-order valence-electron chi connectivity index (χ3n) is 3.24. The highest BCUT2D eigenvalue weighted by Crippen LogP contribution is 2.28. The molecule has 110 valence electrons. The van der Waals surface area contributed by atoms with Crippen molar-refractivity contribution in [1.29, 1.82) is 0 Å². The lowest BCUT2D eigenvalue weighted by Gasteiger charge is -2.30. The van der Waals surface area contributed by atoms with Gasteiger partial charge in [0, 0.05) is 11.8 Å². The first-order valence-electron chi connectivity index (χ1n) is 6.34. The number of hydrogen-bond acceptors (Lipinski definition) is 4. The first kappa shape index (κ1) is 14.9. The molecular weight excluding hydrogens is 275 g/mol. The van der Waals surface area contributed by atoms with Gasteiger partial charge in [-0.25, -0.2) is 4.39 Å². The zero-order valence-electron chi connectivity index (χ0n) is 11.4. The number of hydrogen-bond donors (Lipinski definition) is 2. The molecule has 0 heterocycles. The van der Waals surface area contributed by atoms with Crippen LogP contribution in [0.4, 0.5) is 15.8 Å². The molecular formula is C15H15FN2O3. The lowest BCUT2D eigenvalue weighted by atomic mass is 9.92. The average molecular weight is 290 g/mol. The Hall–Kier alpha value is -2.47. The first-order valence-corrected chi connectivity index (χ1v) is 6.34. The highest BCUT2D eigenvalue weighted by atomic mass is 19.1. The summed E-state index contributed by atoms with van der Waals surface area (Å²) in [4.78, 5) is 10.1. The second kappa shape index (κ2) is 5.88. The number of rotatable bonds is 5. The van der Waals surface area contributed by atoms with E-state index in [1.165, 1.54) is 6.07 Å². The fourth-order valence-electron chi connectivity index (χ4n) is 2.08. The Kier molecular flexibility index (Phi) is 4.18. The Morgan fingerprint density at radius 1 is 1.29 bits per heavy atom. The van der Waals surface area contributed by atoms with Gasteiger partial charge in [-0.05, 0) is 18.6 Å². The maximum absolute atomic E-state index is 13.5. The summed E-state index contributed by atoms with van der Waals surface area (Å²) in [6, 6.07) is 12.4. The van der Waals surface area contributed by atoms with Gasteiger partial charge in [-0.15, -0.1) is 0 Å². The summed E-state index contributed by atoms with van der Waals surface area (Å²) in [5.41, 5.74) is -0.185. The number of anilines is 1. The molecule has 2 N–H and O–H groups in total. The molecule has 0 aromatic heterocycles. The molecule has 5 nitrogen and oxygen atoms in total. The number of benzene rings is 2. The van der Waals surface area contributed by atoms with Gasteiger partial charge in [-0.2, -0.15) is 0 Å². The van der Waals surface area contributed by atoms with E-state index in [0.717, 1.165) is 17.7 Å². The Morgan fingerprint density at radius 2 is 1.95 bits per heavy atom. The van der Waals surface area contributed by atoms with Crippen LogP contribution in [0, 0.1) is 15.9 Å². The molecule has 2 rings (SSSR count). The number of nitrogens with zero attached hydrogens (tertiary/aromatic N) is 1. The zero-order chi connectivity index (χ0) is 15.5. The predicted molar refractivity (Wildman–Crippen MR) is 77.6 cm³/mol. The fourth-order valence-corrected chi connectivity index (χ4v) is 2.08. The van der Waals surface area contributed by atoms with E-state index in [4.69, 9.17) is 0 Å². The standard InChI is InChI=1S/C15H15FN2O3/c1-15(10-19,11-5-3-2-4-6-11)17-13-7-12(16)8-14(9-13)18(20)21/h2-9,17,19H,10H2,1H3. The van der Waals surface area contributed by atoms with Gasteiger partial charge in [-0.3, -0.25) is 10.1 Å². The molecule has 2 aromatic carbocycles. The lowest BCUT2D eigenvalue weighted by Crippen LogP contribution is -2.35. The van der Waals surface area contributed by atoms with Crippen molar-refractivity contribution in [2.75, 3.05) is 11.9 Å². The van der Waals surface area contributed by atoms with Crippen molar-refractivity contribution in [3.05, 3.63) is 70.0 Å². The topological polar surface area (TPSA) is 75.4 Å². The highest BCUT2D eigenvalue weighted by molar-refractivity contribution is 5.54. The number of aliphatic hydroxyl groups is 1. The molecule has 1 unspecified atom stereocenters. The molecule has 0 fully saturated rings. The van der Waals surface area contributed by atoms with E-state index in [-0.39, 0.29) is 18.0 Å². The summed E-state index contributed by atoms with van der Waals surface area (Å²) in [5, 5.41) is 23.4. The maximum Gasteiger partial charge on any atom is 0.274 e. The van der Waals surface area contributed by atoms with Crippen LogP contribution in [0.5, 0.6) is 0 Å². The number of halogens is 1. The van der Waals surface area contributed by atoms with Gasteiger partial charge >= 0.3 is 0 Å². The van der Waals surface area contributed by atoms with Crippen molar-refractivity contribution in [1.82, 2.24) is 0 Å². The average Bonchev–Trinajstić information content (AvgIpc) is 2.47. The predicted octanol–water partition coefficient (Wildman–Crippen LogP) is 3.05. The third kappa shape index (κ3) is 3.35. The van der Waals surface area contributed by atoms with Crippen LogP contribution >= 0.6 is 0 Å². The van der Waals surface area contributed by atoms with E-state index < -0.39 is 16.3 Å². The van der Waals surface area contributed by atoms with Crippen LogP contribution in [0.25, 0.3) is 0 Å². The van der Waals surface area contributed by atoms with E-state index in [0.29, 0.717) is 0 Å². The van der Waals surface area contributed by atoms with Gasteiger partial charge in [0.25, 0.3) is 5.69 Å². The van der Waals surface area contributed by atoms with Crippen LogP contribution < -0.4 is 5.32 Å². The second-order valence-corrected chi connectivity index (χ2v) is 4.94. The Labute approximate surface area is 121 Å². The van der Waals surface area contributed by atoms with Crippen molar-refractivity contribution >= 4 is 11.4 Å². The van der Waals surface area contributed by atoms with Crippen LogP contribution in [0.2, 0.25) is 0 Å². The maximum atomic E-state index is 13.5. The van der Waals surface area contributed by atoms with Crippen molar-refractivity contribution in [2.24, 2.45) is 0 Å². The molecule has 21 heavy (non-hydrogen) atoms. The van der Waals surface area contributed by atoms with Gasteiger partial charge in [0.15, 0.2) is 0 Å². The molecule has 0 aliphatic carbocycles. The molecule has 0 bridgehead atoms. The lowest BCUT2D eigenvalue weighted by molar-refractivity contribution is -0.385. The minimum Gasteiger partial charge on any atom is -0.394 e. The largest absolute Gasteiger partial charge is 0.394 e. The fraction of sp³-hybridized carbons (Fsp3) is 0.200. The van der Waals surface area contributed by atoms with Crippen molar-refractivity contribution < 1.29 is 14.4 Å². The monoisotopic (exact) mass is 290 g/mol. The number of nitro benzene ring substituents is 1. The smallest absolute Gasteiger partial charge is 0.274 e. The summed E-state index contributed by atoms with van der Waals surface area (Å²) in [7, 11) is 0. The normalized spacial score (nSPS) is 13.5. The van der Waals surface area contributed by atoms with Gasteiger partial charge < -0.3 is 10.4 Å². The summed E-state index contributed by atoms with van der Waals surface area (Å²) in [5.74, 6) is -0.708. The quantitative estimate of drug-likeness (QED) is 0.655. The van der Waals surface area contributed by atoms with Crippen LogP contribution in [-0.2, 0) is 5.54 Å². The molecule has 0 aliphatic rings. The summed E-state index contributed by atoms with van der Waals surface area (Å²) < 4.78 is 13.5. The molecule has 0 radical (unpaired) electrons. The van der Waals surface area contributed by atoms with Gasteiger partial charge in [-0.1, -0.05) is 30.3 Å². The number of nitro groups is 1. The van der Waals surface area contributed by atoms with E-state index in [1.54, 1.807) is 6.92 Å². The summed E-state index contributed by atoms with van der Waals surface area (Å²) in [6.45, 7) is 1.49. The molecule has 6 heteroatoms. The Balaban J connectivity index is 2.37. The van der Waals surface area contributed by atoms with E-state index >= 15 is 0 Å². The SMILES string of the molecule is CC(CO)(Nc1cc(F)cc([N+](=O)[O-])c1)c1ccccc1. The number of nitrogens with one attached hydrogen (secondary N) is 1. The zero-order valence-corrected chi connectivity index (χ0v) is 11.4. The van der Waals surface area contributed by atoms with Gasteiger partial charge in [0.2, 0.25) is 0 Å². The molecule has 2 aromatic rings. The minimum absolute atomic E-state index is 0.238. The second-order valence-electron chi connectivity index (χ2n) is 4.94. The molecule has 0 saturated carbocycles. The minimum atomic E-state index is -0.872. The van der Waals surface area contributed by atoms with Gasteiger partial charge in [0.1, 0.15) is 5.82 Å². The number of non-ortho nitro benzene ring substituents is 1. The molecule has 0 saturated heterocycles. The van der Waals surface area contributed by atoms with E-state index in [9.17, 15) is 19.6 Å². The highest BCUT2D eigenvalue weighted by Gasteiger charge is 2.26. The Morgan fingerprint density at radius 3 is 2.52 bits per heavy atom. The summed E-state index contributed by atoms with van der Waals surface area (Å²) in [6.07, 6.45) is 0. The van der Waals surface area contributed by atoms with Crippen molar-refractivity contribution in [3.63, 3.8) is 0 Å². The van der Waals surface area contributed by atoms with E-state index in [1.807, 2.05) is 30.3 Å². The molecule has 0 amide bonds. The Bertz CT molecular complexity index is 649. The number of aliphatic hydroxyl groups excluding tert-OH is 1. The third-order valence-corrected chi connectivity index (χ3v) is 3.24. The van der Waals surface area contributed by atoms with Gasteiger partial charge in [0.05, 0.1) is 23.1 Å². The molecule has 0 spiro atoms. The van der Waals surface area contributed by atoms with Crippen LogP contribution in [0.1, 0.15) is 12.5 Å². The molecule has 0 aliphatic heterocycles. The van der Waals surface area contributed by atoms with Crippen LogP contribution in [0.3, 0.4) is 0 Å². The van der Waals surface area contributed by atoms with Crippen molar-refractivity contribution in [3.8, 4) is 0 Å². The summed E-state index contributed by atoms with van der Waals surface area (Å²) >= 11 is 0. The van der Waals surface area contributed by atoms with Crippen molar-refractivity contribution in [2.45, 2.75) is 12.5 Å².